The number of carbonyl (C=O) groups is 2. The number of ketones is 1. The molecular weight excluding hydrogens is 220 g/mol. The molecule has 1 aliphatic rings. The molecule has 98 valence electrons. The lowest BCUT2D eigenvalue weighted by atomic mass is 10.0. The Morgan fingerprint density at radius 1 is 1.47 bits per heavy atom. The Hall–Kier alpha value is -0.940. The third kappa shape index (κ3) is 5.28. The molecule has 5 heteroatoms. The summed E-state index contributed by atoms with van der Waals surface area (Å²) in [4.78, 5) is 24.3. The van der Waals surface area contributed by atoms with Crippen LogP contribution in [0.4, 0.5) is 0 Å². The van der Waals surface area contributed by atoms with Gasteiger partial charge in [-0.15, -0.1) is 0 Å². The Labute approximate surface area is 102 Å². The molecular formula is C12H22N2O3. The van der Waals surface area contributed by atoms with Crippen LogP contribution in [0.3, 0.4) is 0 Å². The number of carbonyl (C=O) groups excluding carboxylic acids is 2. The maximum atomic E-state index is 11.4. The minimum atomic E-state index is -0.189. The molecule has 2 atom stereocenters. The van der Waals surface area contributed by atoms with Crippen LogP contribution in [-0.4, -0.2) is 55.5 Å². The van der Waals surface area contributed by atoms with E-state index in [2.05, 4.69) is 24.2 Å². The lowest BCUT2D eigenvalue weighted by Gasteiger charge is -2.34. The summed E-state index contributed by atoms with van der Waals surface area (Å²) in [5.41, 5.74) is 0. The van der Waals surface area contributed by atoms with E-state index in [0.29, 0.717) is 6.04 Å². The van der Waals surface area contributed by atoms with E-state index >= 15 is 0 Å². The normalized spacial score (nSPS) is 25.6. The Kier molecular flexibility index (Phi) is 5.58. The summed E-state index contributed by atoms with van der Waals surface area (Å²) in [5.74, 6) is -0.266. The fourth-order valence-corrected chi connectivity index (χ4v) is 1.88. The maximum absolute atomic E-state index is 11.4. The molecule has 0 saturated carbocycles. The van der Waals surface area contributed by atoms with Gasteiger partial charge in [0.05, 0.1) is 12.6 Å². The number of rotatable bonds is 5. The monoisotopic (exact) mass is 242 g/mol. The molecule has 0 radical (unpaired) electrons. The van der Waals surface area contributed by atoms with E-state index in [9.17, 15) is 9.59 Å². The molecule has 1 saturated heterocycles. The largest absolute Gasteiger partial charge is 0.370 e. The van der Waals surface area contributed by atoms with Crippen molar-refractivity contribution < 1.29 is 14.3 Å². The van der Waals surface area contributed by atoms with Crippen LogP contribution in [0.15, 0.2) is 0 Å². The highest BCUT2D eigenvalue weighted by atomic mass is 16.5. The van der Waals surface area contributed by atoms with Gasteiger partial charge in [0.2, 0.25) is 5.91 Å². The van der Waals surface area contributed by atoms with Crippen molar-refractivity contribution >= 4 is 11.7 Å². The van der Waals surface area contributed by atoms with Crippen LogP contribution in [-0.2, 0) is 14.3 Å². The summed E-state index contributed by atoms with van der Waals surface area (Å²) >= 11 is 0. The highest BCUT2D eigenvalue weighted by Crippen LogP contribution is 2.17. The first-order valence-corrected chi connectivity index (χ1v) is 6.07. The van der Waals surface area contributed by atoms with Crippen molar-refractivity contribution in [2.75, 3.05) is 26.7 Å². The number of nitrogens with one attached hydrogen (secondary N) is 1. The molecule has 1 amide bonds. The van der Waals surface area contributed by atoms with E-state index in [0.717, 1.165) is 19.4 Å². The fourth-order valence-electron chi connectivity index (χ4n) is 1.88. The average Bonchev–Trinajstić information content (AvgIpc) is 2.28. The van der Waals surface area contributed by atoms with E-state index in [1.807, 2.05) is 0 Å². The van der Waals surface area contributed by atoms with Crippen molar-refractivity contribution in [3.63, 3.8) is 0 Å². The zero-order valence-corrected chi connectivity index (χ0v) is 10.9. The molecule has 5 nitrogen and oxygen atoms in total. The number of piperidine rings is 1. The molecule has 0 spiro atoms. The van der Waals surface area contributed by atoms with Gasteiger partial charge in [-0.05, 0) is 26.8 Å². The van der Waals surface area contributed by atoms with Crippen LogP contribution in [0.2, 0.25) is 0 Å². The second-order valence-electron chi connectivity index (χ2n) is 4.74. The quantitative estimate of drug-likeness (QED) is 0.748. The zero-order chi connectivity index (χ0) is 12.8. The Balaban J connectivity index is 2.18. The van der Waals surface area contributed by atoms with Gasteiger partial charge in [0, 0.05) is 19.5 Å². The van der Waals surface area contributed by atoms with Gasteiger partial charge in [-0.2, -0.15) is 0 Å². The number of likely N-dealkylation sites (tertiary alicyclic amines) is 1. The number of hydrogen-bond acceptors (Lipinski definition) is 4. The lowest BCUT2D eigenvalue weighted by molar-refractivity contribution is -0.128. The van der Waals surface area contributed by atoms with Crippen LogP contribution < -0.4 is 5.32 Å². The predicted octanol–water partition coefficient (Wildman–Crippen LogP) is 0.191. The predicted molar refractivity (Wildman–Crippen MR) is 64.8 cm³/mol. The van der Waals surface area contributed by atoms with Crippen LogP contribution >= 0.6 is 0 Å². The van der Waals surface area contributed by atoms with Crippen LogP contribution in [0, 0.1) is 0 Å². The van der Waals surface area contributed by atoms with Crippen LogP contribution in [0.5, 0.6) is 0 Å². The molecule has 0 aromatic carbocycles. The smallest absolute Gasteiger partial charge is 0.217 e. The molecule has 1 aliphatic heterocycles. The molecule has 0 aromatic heterocycles. The molecule has 0 aromatic rings. The molecule has 1 heterocycles. The van der Waals surface area contributed by atoms with Crippen molar-refractivity contribution in [1.82, 2.24) is 10.2 Å². The second kappa shape index (κ2) is 6.71. The third-order valence-electron chi connectivity index (χ3n) is 3.17. The van der Waals surface area contributed by atoms with E-state index in [-0.39, 0.29) is 30.9 Å². The summed E-state index contributed by atoms with van der Waals surface area (Å²) < 4.78 is 5.57. The maximum Gasteiger partial charge on any atom is 0.217 e. The number of ether oxygens (including phenoxy) is 1. The van der Waals surface area contributed by atoms with Gasteiger partial charge in [-0.1, -0.05) is 0 Å². The number of Topliss-reactive ketones (excluding diaryl/α,β-unsaturated/α-hetero) is 1. The van der Waals surface area contributed by atoms with Crippen molar-refractivity contribution in [2.24, 2.45) is 0 Å². The molecule has 1 N–H and O–H groups in total. The Morgan fingerprint density at radius 3 is 2.76 bits per heavy atom. The van der Waals surface area contributed by atoms with Gasteiger partial charge in [0.1, 0.15) is 6.61 Å². The number of nitrogens with zero attached hydrogens (tertiary/aromatic N) is 1. The number of hydrogen-bond donors (Lipinski definition) is 1. The standard InChI is InChI=1S/C12H22N2O3/c1-9-6-12(4-5-14(9)3)17-8-11(16)7-13-10(2)15/h9,12H,4-8H2,1-3H3,(H,13,15)/t9-,12-/m0/s1. The molecule has 0 bridgehead atoms. The third-order valence-corrected chi connectivity index (χ3v) is 3.17. The minimum absolute atomic E-state index is 0.0670. The average molecular weight is 242 g/mol. The van der Waals surface area contributed by atoms with Gasteiger partial charge in [0.25, 0.3) is 0 Å². The summed E-state index contributed by atoms with van der Waals surface area (Å²) in [7, 11) is 2.10. The van der Waals surface area contributed by atoms with Gasteiger partial charge in [-0.3, -0.25) is 9.59 Å². The van der Waals surface area contributed by atoms with Crippen LogP contribution in [0.25, 0.3) is 0 Å². The SMILES string of the molecule is CC(=O)NCC(=O)CO[C@H]1CCN(C)[C@@H](C)C1. The summed E-state index contributed by atoms with van der Waals surface area (Å²) in [6.07, 6.45) is 2.10. The number of amides is 1. The molecule has 17 heavy (non-hydrogen) atoms. The summed E-state index contributed by atoms with van der Waals surface area (Å²) in [5, 5.41) is 2.47. The molecule has 1 fully saturated rings. The zero-order valence-electron chi connectivity index (χ0n) is 10.9. The van der Waals surface area contributed by atoms with Crippen molar-refractivity contribution in [2.45, 2.75) is 38.8 Å². The highest BCUT2D eigenvalue weighted by molar-refractivity contribution is 5.85. The van der Waals surface area contributed by atoms with Crippen molar-refractivity contribution in [1.29, 1.82) is 0 Å². The first kappa shape index (κ1) is 14.1. The Morgan fingerprint density at radius 2 is 2.18 bits per heavy atom. The first-order chi connectivity index (χ1) is 7.99. The lowest BCUT2D eigenvalue weighted by Crippen LogP contribution is -2.41. The minimum Gasteiger partial charge on any atom is -0.370 e. The van der Waals surface area contributed by atoms with E-state index in [4.69, 9.17) is 4.74 Å². The van der Waals surface area contributed by atoms with Gasteiger partial charge >= 0.3 is 0 Å². The van der Waals surface area contributed by atoms with Gasteiger partial charge < -0.3 is 15.0 Å². The van der Waals surface area contributed by atoms with Gasteiger partial charge in [0.15, 0.2) is 5.78 Å². The summed E-state index contributed by atoms with van der Waals surface area (Å²) in [6.45, 7) is 4.73. The van der Waals surface area contributed by atoms with Crippen LogP contribution in [0.1, 0.15) is 26.7 Å². The topological polar surface area (TPSA) is 58.6 Å². The van der Waals surface area contributed by atoms with E-state index in [1.54, 1.807) is 0 Å². The Bertz CT molecular complexity index is 281. The first-order valence-electron chi connectivity index (χ1n) is 6.07. The molecule has 0 unspecified atom stereocenters. The van der Waals surface area contributed by atoms with Gasteiger partial charge in [-0.25, -0.2) is 0 Å². The molecule has 1 rings (SSSR count). The summed E-state index contributed by atoms with van der Waals surface area (Å²) in [6, 6.07) is 0.499. The highest BCUT2D eigenvalue weighted by Gasteiger charge is 2.23. The molecule has 0 aliphatic carbocycles. The fraction of sp³-hybridized carbons (Fsp3) is 0.833. The van der Waals surface area contributed by atoms with Crippen molar-refractivity contribution in [3.8, 4) is 0 Å². The second-order valence-corrected chi connectivity index (χ2v) is 4.74. The van der Waals surface area contributed by atoms with E-state index < -0.39 is 0 Å². The van der Waals surface area contributed by atoms with E-state index in [1.165, 1.54) is 6.92 Å². The van der Waals surface area contributed by atoms with Crippen molar-refractivity contribution in [3.05, 3.63) is 0 Å².